The number of carboxylic acid groups (broad SMARTS) is 1. The van der Waals surface area contributed by atoms with Gasteiger partial charge in [-0.3, -0.25) is 0 Å². The van der Waals surface area contributed by atoms with Crippen LogP contribution in [0.3, 0.4) is 0 Å². The van der Waals surface area contributed by atoms with E-state index in [1.54, 1.807) is 17.8 Å². The van der Waals surface area contributed by atoms with E-state index in [0.717, 1.165) is 12.8 Å². The Kier molecular flexibility index (Phi) is 6.02. The van der Waals surface area contributed by atoms with Crippen LogP contribution in [0.25, 0.3) is 0 Å². The minimum atomic E-state index is -1.04. The van der Waals surface area contributed by atoms with Crippen molar-refractivity contribution >= 4 is 40.7 Å². The van der Waals surface area contributed by atoms with Gasteiger partial charge >= 0.3 is 5.97 Å². The topological polar surface area (TPSA) is 75.3 Å². The fourth-order valence-electron chi connectivity index (χ4n) is 2.09. The molecule has 0 aliphatic heterocycles. The Labute approximate surface area is 129 Å². The van der Waals surface area contributed by atoms with Crippen molar-refractivity contribution in [1.29, 1.82) is 0 Å². The SMILES string of the molecule is CCC(CC)(CNc1c(Cl)cc(N)cc1C(=O)O)SC. The average molecular weight is 317 g/mol. The minimum absolute atomic E-state index is 0.0699. The lowest BCUT2D eigenvalue weighted by molar-refractivity contribution is 0.0698. The zero-order valence-corrected chi connectivity index (χ0v) is 13.6. The van der Waals surface area contributed by atoms with Crippen LogP contribution in [-0.4, -0.2) is 28.6 Å². The first-order valence-electron chi connectivity index (χ1n) is 6.50. The van der Waals surface area contributed by atoms with E-state index in [1.807, 2.05) is 0 Å². The summed E-state index contributed by atoms with van der Waals surface area (Å²) in [5.74, 6) is -1.04. The third-order valence-corrected chi connectivity index (χ3v) is 5.54. The number of halogens is 1. The highest BCUT2D eigenvalue weighted by Crippen LogP contribution is 2.34. The predicted molar refractivity (Wildman–Crippen MR) is 88.1 cm³/mol. The van der Waals surface area contributed by atoms with E-state index in [4.69, 9.17) is 17.3 Å². The number of carboxylic acids is 1. The molecule has 1 rings (SSSR count). The highest BCUT2D eigenvalue weighted by atomic mass is 35.5. The molecule has 0 unspecified atom stereocenters. The second-order valence-electron chi connectivity index (χ2n) is 4.68. The summed E-state index contributed by atoms with van der Waals surface area (Å²) in [6, 6.07) is 2.99. The summed E-state index contributed by atoms with van der Waals surface area (Å²) in [4.78, 5) is 11.3. The number of aromatic carboxylic acids is 1. The zero-order chi connectivity index (χ0) is 15.3. The molecule has 0 aliphatic carbocycles. The molecule has 4 nitrogen and oxygen atoms in total. The molecule has 0 amide bonds. The summed E-state index contributed by atoms with van der Waals surface area (Å²) in [6.07, 6.45) is 4.05. The summed E-state index contributed by atoms with van der Waals surface area (Å²) in [6.45, 7) is 4.92. The number of nitrogens with two attached hydrogens (primary N) is 1. The molecule has 20 heavy (non-hydrogen) atoms. The summed E-state index contributed by atoms with van der Waals surface area (Å²) in [5.41, 5.74) is 6.54. The molecule has 0 aliphatic rings. The summed E-state index contributed by atoms with van der Waals surface area (Å²) in [7, 11) is 0. The molecule has 0 spiro atoms. The Morgan fingerprint density at radius 2 is 2.05 bits per heavy atom. The number of benzene rings is 1. The Morgan fingerprint density at radius 1 is 1.45 bits per heavy atom. The van der Waals surface area contributed by atoms with Crippen molar-refractivity contribution in [2.75, 3.05) is 23.9 Å². The van der Waals surface area contributed by atoms with Crippen LogP contribution in [-0.2, 0) is 0 Å². The molecule has 0 radical (unpaired) electrons. The van der Waals surface area contributed by atoms with Crippen molar-refractivity contribution in [2.24, 2.45) is 0 Å². The third kappa shape index (κ3) is 3.73. The van der Waals surface area contributed by atoms with Gasteiger partial charge in [-0.15, -0.1) is 0 Å². The van der Waals surface area contributed by atoms with Crippen LogP contribution < -0.4 is 11.1 Å². The van der Waals surface area contributed by atoms with Crippen molar-refractivity contribution in [2.45, 2.75) is 31.4 Å². The molecular weight excluding hydrogens is 296 g/mol. The van der Waals surface area contributed by atoms with Crippen molar-refractivity contribution in [3.63, 3.8) is 0 Å². The Bertz CT molecular complexity index is 482. The van der Waals surface area contributed by atoms with Crippen molar-refractivity contribution in [3.8, 4) is 0 Å². The minimum Gasteiger partial charge on any atom is -0.478 e. The van der Waals surface area contributed by atoms with Crippen LogP contribution in [0.1, 0.15) is 37.0 Å². The van der Waals surface area contributed by atoms with E-state index < -0.39 is 5.97 Å². The summed E-state index contributed by atoms with van der Waals surface area (Å²) in [5, 5.41) is 12.8. The highest BCUT2D eigenvalue weighted by Gasteiger charge is 2.26. The molecule has 0 saturated carbocycles. The smallest absolute Gasteiger partial charge is 0.337 e. The number of nitrogens with one attached hydrogen (secondary N) is 1. The number of carbonyl (C=O) groups is 1. The number of rotatable bonds is 7. The van der Waals surface area contributed by atoms with Gasteiger partial charge in [0, 0.05) is 17.0 Å². The standard InChI is InChI=1S/C14H21ClN2O2S/c1-4-14(5-2,20-3)8-17-12-10(13(18)19)6-9(16)7-11(12)15/h6-7,17H,4-5,8,16H2,1-3H3,(H,18,19). The van der Waals surface area contributed by atoms with Crippen molar-refractivity contribution < 1.29 is 9.90 Å². The monoisotopic (exact) mass is 316 g/mol. The van der Waals surface area contributed by atoms with E-state index in [0.29, 0.717) is 22.9 Å². The molecule has 112 valence electrons. The lowest BCUT2D eigenvalue weighted by Gasteiger charge is -2.30. The molecule has 1 aromatic rings. The van der Waals surface area contributed by atoms with Gasteiger partial charge in [0.05, 0.1) is 16.3 Å². The number of nitrogen functional groups attached to an aromatic ring is 1. The first kappa shape index (κ1) is 17.0. The van der Waals surface area contributed by atoms with Crippen LogP contribution in [0.5, 0.6) is 0 Å². The third-order valence-electron chi connectivity index (χ3n) is 3.65. The number of thioether (sulfide) groups is 1. The number of hydrogen-bond donors (Lipinski definition) is 3. The first-order chi connectivity index (χ1) is 9.39. The Morgan fingerprint density at radius 3 is 2.50 bits per heavy atom. The quantitative estimate of drug-likeness (QED) is 0.664. The fourth-order valence-corrected chi connectivity index (χ4v) is 3.17. The van der Waals surface area contributed by atoms with Gasteiger partial charge in [-0.25, -0.2) is 4.79 Å². The van der Waals surface area contributed by atoms with Crippen molar-refractivity contribution in [3.05, 3.63) is 22.7 Å². The van der Waals surface area contributed by atoms with Crippen LogP contribution >= 0.6 is 23.4 Å². The lowest BCUT2D eigenvalue weighted by Crippen LogP contribution is -2.32. The molecule has 0 fully saturated rings. The van der Waals surface area contributed by atoms with Crippen LogP contribution in [0.4, 0.5) is 11.4 Å². The van der Waals surface area contributed by atoms with E-state index >= 15 is 0 Å². The molecule has 0 aromatic heterocycles. The molecule has 1 aromatic carbocycles. The molecule has 0 bridgehead atoms. The van der Waals surface area contributed by atoms with Gasteiger partial charge in [-0.05, 0) is 31.2 Å². The Hall–Kier alpha value is -1.07. The van der Waals surface area contributed by atoms with Gasteiger partial charge in [0.25, 0.3) is 0 Å². The molecule has 6 heteroatoms. The fraction of sp³-hybridized carbons (Fsp3) is 0.500. The van der Waals surface area contributed by atoms with E-state index in [2.05, 4.69) is 25.4 Å². The van der Waals surface area contributed by atoms with Gasteiger partial charge < -0.3 is 16.2 Å². The van der Waals surface area contributed by atoms with E-state index in [-0.39, 0.29) is 10.3 Å². The van der Waals surface area contributed by atoms with E-state index in [9.17, 15) is 9.90 Å². The second kappa shape index (κ2) is 7.09. The molecule has 0 heterocycles. The first-order valence-corrected chi connectivity index (χ1v) is 8.10. The molecule has 0 atom stereocenters. The summed E-state index contributed by atoms with van der Waals surface area (Å²) < 4.78 is 0.0699. The largest absolute Gasteiger partial charge is 0.478 e. The van der Waals surface area contributed by atoms with E-state index in [1.165, 1.54) is 6.07 Å². The molecule has 4 N–H and O–H groups in total. The van der Waals surface area contributed by atoms with Gasteiger partial charge in [-0.2, -0.15) is 11.8 Å². The average Bonchev–Trinajstić information content (AvgIpc) is 2.41. The number of anilines is 2. The normalized spacial score (nSPS) is 11.4. The van der Waals surface area contributed by atoms with Crippen LogP contribution in [0, 0.1) is 0 Å². The second-order valence-corrected chi connectivity index (χ2v) is 6.36. The Balaban J connectivity index is 3.06. The molecule has 0 saturated heterocycles. The maximum absolute atomic E-state index is 11.3. The lowest BCUT2D eigenvalue weighted by atomic mass is 10.0. The predicted octanol–water partition coefficient (Wildman–Crippen LogP) is 3.95. The van der Waals surface area contributed by atoms with Gasteiger partial charge in [-0.1, -0.05) is 25.4 Å². The van der Waals surface area contributed by atoms with Gasteiger partial charge in [0.2, 0.25) is 0 Å². The van der Waals surface area contributed by atoms with Gasteiger partial charge in [0.1, 0.15) is 0 Å². The summed E-state index contributed by atoms with van der Waals surface area (Å²) >= 11 is 7.91. The van der Waals surface area contributed by atoms with Gasteiger partial charge in [0.15, 0.2) is 0 Å². The highest BCUT2D eigenvalue weighted by molar-refractivity contribution is 8.00. The van der Waals surface area contributed by atoms with Crippen LogP contribution in [0.2, 0.25) is 5.02 Å². The maximum atomic E-state index is 11.3. The molecular formula is C14H21ClN2O2S. The maximum Gasteiger partial charge on any atom is 0.337 e. The van der Waals surface area contributed by atoms with Crippen molar-refractivity contribution in [1.82, 2.24) is 0 Å². The zero-order valence-electron chi connectivity index (χ0n) is 12.0. The number of hydrogen-bond acceptors (Lipinski definition) is 4. The van der Waals surface area contributed by atoms with Crippen LogP contribution in [0.15, 0.2) is 12.1 Å².